The van der Waals surface area contributed by atoms with Gasteiger partial charge in [-0.2, -0.15) is 0 Å². The highest BCUT2D eigenvalue weighted by Crippen LogP contribution is 2.19. The number of hydrogen-bond acceptors (Lipinski definition) is 3. The van der Waals surface area contributed by atoms with Gasteiger partial charge in [0.25, 0.3) is 0 Å². The van der Waals surface area contributed by atoms with Gasteiger partial charge in [-0.3, -0.25) is 0 Å². The number of amides is 2. The van der Waals surface area contributed by atoms with Crippen molar-refractivity contribution in [2.75, 3.05) is 5.32 Å². The number of carbonyl (C=O) groups is 2. The Morgan fingerprint density at radius 2 is 2.00 bits per heavy atom. The number of nitrogens with one attached hydrogen (secondary N) is 2. The summed E-state index contributed by atoms with van der Waals surface area (Å²) in [5, 5.41) is 4.92. The van der Waals surface area contributed by atoms with Crippen molar-refractivity contribution in [2.45, 2.75) is 52.2 Å². The molecule has 0 spiro atoms. The summed E-state index contributed by atoms with van der Waals surface area (Å²) in [6.07, 6.45) is 1.13. The molecule has 0 saturated carbocycles. The molecule has 0 radical (unpaired) electrons. The number of halogens is 2. The maximum atomic E-state index is 13.7. The van der Waals surface area contributed by atoms with E-state index in [0.717, 1.165) is 0 Å². The smallest absolute Gasteiger partial charge is 0.329 e. The number of carbonyl (C=O) groups excluding carboxylic acids is 2. The molecule has 1 aromatic carbocycles. The van der Waals surface area contributed by atoms with Gasteiger partial charge in [-0.1, -0.05) is 29.3 Å². The molecule has 0 aliphatic rings. The molecular formula is C16H22BrFN2O3. The van der Waals surface area contributed by atoms with E-state index in [1.807, 2.05) is 6.92 Å². The second-order valence-electron chi connectivity index (χ2n) is 6.10. The second kappa shape index (κ2) is 8.29. The Morgan fingerprint density at radius 1 is 1.35 bits per heavy atom. The first-order valence-electron chi connectivity index (χ1n) is 7.38. The van der Waals surface area contributed by atoms with E-state index in [4.69, 9.17) is 4.74 Å². The zero-order valence-corrected chi connectivity index (χ0v) is 15.3. The molecule has 0 bridgehead atoms. The first kappa shape index (κ1) is 19.4. The van der Waals surface area contributed by atoms with E-state index in [1.165, 1.54) is 12.1 Å². The molecule has 1 atom stereocenters. The van der Waals surface area contributed by atoms with Crippen molar-refractivity contribution in [3.8, 4) is 0 Å². The van der Waals surface area contributed by atoms with Gasteiger partial charge in [-0.05, 0) is 45.4 Å². The predicted octanol–water partition coefficient (Wildman–Crippen LogP) is 4.22. The highest BCUT2D eigenvalue weighted by atomic mass is 79.9. The Bertz CT molecular complexity index is 573. The Morgan fingerprint density at radius 3 is 2.52 bits per heavy atom. The number of benzene rings is 1. The van der Waals surface area contributed by atoms with E-state index >= 15 is 0 Å². The maximum absolute atomic E-state index is 13.7. The van der Waals surface area contributed by atoms with Crippen LogP contribution < -0.4 is 10.6 Å². The fraction of sp³-hybridized carbons (Fsp3) is 0.500. The normalized spacial score (nSPS) is 12.4. The maximum Gasteiger partial charge on any atom is 0.329 e. The molecule has 128 valence electrons. The summed E-state index contributed by atoms with van der Waals surface area (Å²) in [7, 11) is 0. The van der Waals surface area contributed by atoms with Crippen LogP contribution >= 0.6 is 15.9 Å². The monoisotopic (exact) mass is 388 g/mol. The van der Waals surface area contributed by atoms with E-state index in [0.29, 0.717) is 17.3 Å². The molecule has 0 fully saturated rings. The summed E-state index contributed by atoms with van der Waals surface area (Å²) in [6.45, 7) is 7.16. The van der Waals surface area contributed by atoms with E-state index in [-0.39, 0.29) is 5.69 Å². The second-order valence-corrected chi connectivity index (χ2v) is 7.01. The van der Waals surface area contributed by atoms with Crippen molar-refractivity contribution in [3.05, 3.63) is 28.5 Å². The van der Waals surface area contributed by atoms with Gasteiger partial charge in [0.15, 0.2) is 0 Å². The van der Waals surface area contributed by atoms with Crippen LogP contribution in [0.4, 0.5) is 14.9 Å². The summed E-state index contributed by atoms with van der Waals surface area (Å²) in [4.78, 5) is 24.1. The lowest BCUT2D eigenvalue weighted by atomic mass is 10.1. The number of hydrogen-bond donors (Lipinski definition) is 2. The van der Waals surface area contributed by atoms with Crippen molar-refractivity contribution in [1.82, 2.24) is 5.32 Å². The van der Waals surface area contributed by atoms with E-state index in [9.17, 15) is 14.0 Å². The molecule has 0 saturated heterocycles. The number of esters is 1. The number of ether oxygens (including phenoxy) is 1. The van der Waals surface area contributed by atoms with Crippen LogP contribution in [0.3, 0.4) is 0 Å². The number of urea groups is 1. The Kier molecular flexibility index (Phi) is 7.00. The van der Waals surface area contributed by atoms with Crippen molar-refractivity contribution >= 4 is 33.6 Å². The van der Waals surface area contributed by atoms with E-state index in [1.54, 1.807) is 26.8 Å². The van der Waals surface area contributed by atoms with Gasteiger partial charge in [0.2, 0.25) is 0 Å². The summed E-state index contributed by atoms with van der Waals surface area (Å²) in [5.74, 6) is -1.08. The van der Waals surface area contributed by atoms with Gasteiger partial charge in [0, 0.05) is 4.47 Å². The molecule has 2 N–H and O–H groups in total. The molecule has 0 aliphatic heterocycles. The molecule has 1 aromatic rings. The topological polar surface area (TPSA) is 67.4 Å². The number of rotatable bonds is 5. The van der Waals surface area contributed by atoms with Gasteiger partial charge in [-0.15, -0.1) is 0 Å². The SMILES string of the molecule is CCC[C@H](NC(=O)Nc1ccc(Br)cc1F)C(=O)OC(C)(C)C. The highest BCUT2D eigenvalue weighted by Gasteiger charge is 2.26. The van der Waals surface area contributed by atoms with E-state index in [2.05, 4.69) is 26.6 Å². The molecule has 1 rings (SSSR count). The van der Waals surface area contributed by atoms with Crippen LogP contribution in [-0.2, 0) is 9.53 Å². The third-order valence-electron chi connectivity index (χ3n) is 2.75. The van der Waals surface area contributed by atoms with E-state index < -0.39 is 29.5 Å². The van der Waals surface area contributed by atoms with Gasteiger partial charge in [-0.25, -0.2) is 14.0 Å². The van der Waals surface area contributed by atoms with Crippen molar-refractivity contribution in [2.24, 2.45) is 0 Å². The van der Waals surface area contributed by atoms with Gasteiger partial charge in [0.05, 0.1) is 5.69 Å². The molecule has 2 amide bonds. The van der Waals surface area contributed by atoms with Crippen LogP contribution in [0.1, 0.15) is 40.5 Å². The zero-order valence-electron chi connectivity index (χ0n) is 13.7. The predicted molar refractivity (Wildman–Crippen MR) is 90.8 cm³/mol. The Hall–Kier alpha value is -1.63. The first-order chi connectivity index (χ1) is 10.6. The lowest BCUT2D eigenvalue weighted by Gasteiger charge is -2.24. The largest absolute Gasteiger partial charge is 0.458 e. The minimum Gasteiger partial charge on any atom is -0.458 e. The summed E-state index contributed by atoms with van der Waals surface area (Å²) in [5.41, 5.74) is -0.607. The molecule has 0 aromatic heterocycles. The van der Waals surface area contributed by atoms with Crippen molar-refractivity contribution in [1.29, 1.82) is 0 Å². The number of anilines is 1. The van der Waals surface area contributed by atoms with Crippen LogP contribution in [-0.4, -0.2) is 23.6 Å². The lowest BCUT2D eigenvalue weighted by Crippen LogP contribution is -2.45. The van der Waals surface area contributed by atoms with Crippen molar-refractivity contribution in [3.63, 3.8) is 0 Å². The summed E-state index contributed by atoms with van der Waals surface area (Å²) < 4.78 is 19.6. The summed E-state index contributed by atoms with van der Waals surface area (Å²) in [6, 6.07) is 2.85. The summed E-state index contributed by atoms with van der Waals surface area (Å²) >= 11 is 3.14. The molecule has 0 aliphatic carbocycles. The van der Waals surface area contributed by atoms with Crippen molar-refractivity contribution < 1.29 is 18.7 Å². The van der Waals surface area contributed by atoms with Crippen LogP contribution in [0.5, 0.6) is 0 Å². The zero-order chi connectivity index (χ0) is 17.6. The third-order valence-corrected chi connectivity index (χ3v) is 3.25. The van der Waals surface area contributed by atoms with Crippen LogP contribution in [0.25, 0.3) is 0 Å². The van der Waals surface area contributed by atoms with Crippen LogP contribution in [0.2, 0.25) is 0 Å². The fourth-order valence-corrected chi connectivity index (χ4v) is 2.15. The lowest BCUT2D eigenvalue weighted by molar-refractivity contribution is -0.157. The average molecular weight is 389 g/mol. The van der Waals surface area contributed by atoms with Gasteiger partial charge in [0.1, 0.15) is 17.5 Å². The minimum absolute atomic E-state index is 0.0325. The van der Waals surface area contributed by atoms with Gasteiger partial charge < -0.3 is 15.4 Å². The highest BCUT2D eigenvalue weighted by molar-refractivity contribution is 9.10. The van der Waals surface area contributed by atoms with Gasteiger partial charge >= 0.3 is 12.0 Å². The molecule has 0 unspecified atom stereocenters. The molecule has 0 heterocycles. The Balaban J connectivity index is 2.72. The minimum atomic E-state index is -0.780. The fourth-order valence-electron chi connectivity index (χ4n) is 1.82. The Labute approximate surface area is 144 Å². The molecule has 23 heavy (non-hydrogen) atoms. The quantitative estimate of drug-likeness (QED) is 0.741. The van der Waals surface area contributed by atoms with Crippen LogP contribution in [0, 0.1) is 5.82 Å². The third kappa shape index (κ3) is 6.99. The average Bonchev–Trinajstić information content (AvgIpc) is 2.39. The first-order valence-corrected chi connectivity index (χ1v) is 8.17. The standard InChI is InChI=1S/C16H22BrFN2O3/c1-5-6-13(14(21)23-16(2,3)4)20-15(22)19-12-8-7-10(17)9-11(12)18/h7-9,13H,5-6H2,1-4H3,(H2,19,20,22)/t13-/m0/s1. The van der Waals surface area contributed by atoms with Crippen LogP contribution in [0.15, 0.2) is 22.7 Å². The molecule has 5 nitrogen and oxygen atoms in total. The molecule has 7 heteroatoms. The molecular weight excluding hydrogens is 367 g/mol.